The topological polar surface area (TPSA) is 56.0 Å². The Morgan fingerprint density at radius 1 is 1.47 bits per heavy atom. The molecule has 0 N–H and O–H groups in total. The fourth-order valence-corrected chi connectivity index (χ4v) is 1.77. The van der Waals surface area contributed by atoms with E-state index in [9.17, 15) is 10.1 Å². The molecule has 0 saturated carbocycles. The molecule has 76 valence electrons. The third-order valence-corrected chi connectivity index (χ3v) is 2.41. The van der Waals surface area contributed by atoms with Crippen molar-refractivity contribution >= 4 is 28.2 Å². The molecule has 0 aliphatic heterocycles. The summed E-state index contributed by atoms with van der Waals surface area (Å²) in [5.41, 5.74) is 0.993. The van der Waals surface area contributed by atoms with Gasteiger partial charge in [-0.3, -0.25) is 10.1 Å². The van der Waals surface area contributed by atoms with E-state index in [1.807, 2.05) is 0 Å². The maximum Gasteiger partial charge on any atom is 0.295 e. The highest BCUT2D eigenvalue weighted by Gasteiger charge is 2.14. The van der Waals surface area contributed by atoms with Crippen LogP contribution in [0.3, 0.4) is 0 Å². The number of rotatable bonds is 1. The molecule has 0 unspecified atom stereocenters. The van der Waals surface area contributed by atoms with Crippen LogP contribution >= 0.6 is 11.6 Å². The van der Waals surface area contributed by atoms with Gasteiger partial charge in [-0.15, -0.1) is 0 Å². The van der Waals surface area contributed by atoms with Gasteiger partial charge in [-0.2, -0.15) is 0 Å². The van der Waals surface area contributed by atoms with E-state index in [1.54, 1.807) is 25.1 Å². The molecule has 5 heteroatoms. The van der Waals surface area contributed by atoms with Gasteiger partial charge in [0.25, 0.3) is 5.69 Å². The minimum Gasteiger partial charge on any atom is -0.258 e. The van der Waals surface area contributed by atoms with E-state index >= 15 is 0 Å². The van der Waals surface area contributed by atoms with Crippen molar-refractivity contribution in [3.8, 4) is 0 Å². The summed E-state index contributed by atoms with van der Waals surface area (Å²) >= 11 is 5.98. The predicted octanol–water partition coefficient (Wildman–Crippen LogP) is 3.10. The maximum atomic E-state index is 10.8. The summed E-state index contributed by atoms with van der Waals surface area (Å²) < 4.78 is 0. The average molecular weight is 223 g/mol. The zero-order chi connectivity index (χ0) is 11.0. The number of hydrogen-bond acceptors (Lipinski definition) is 3. The number of halogens is 1. The van der Waals surface area contributed by atoms with Gasteiger partial charge in [0.2, 0.25) is 0 Å². The number of aromatic nitrogens is 1. The molecular formula is C10H7ClN2O2. The molecule has 0 fully saturated rings. The molecule has 1 aromatic heterocycles. The zero-order valence-corrected chi connectivity index (χ0v) is 8.65. The van der Waals surface area contributed by atoms with Crippen LogP contribution in [0.15, 0.2) is 24.3 Å². The minimum absolute atomic E-state index is 0.0156. The first-order chi connectivity index (χ1) is 7.09. The SMILES string of the molecule is Cc1cc(Cl)c2cccc([N+](=O)[O-])c2n1. The van der Waals surface area contributed by atoms with Gasteiger partial charge in [0, 0.05) is 17.1 Å². The summed E-state index contributed by atoms with van der Waals surface area (Å²) in [6.45, 7) is 1.75. The molecule has 1 heterocycles. The van der Waals surface area contributed by atoms with Gasteiger partial charge in [-0.05, 0) is 13.0 Å². The van der Waals surface area contributed by atoms with Crippen molar-refractivity contribution in [2.24, 2.45) is 0 Å². The van der Waals surface area contributed by atoms with Crippen LogP contribution in [0.1, 0.15) is 5.69 Å². The number of nitro benzene ring substituents is 1. The van der Waals surface area contributed by atoms with E-state index < -0.39 is 4.92 Å². The summed E-state index contributed by atoms with van der Waals surface area (Å²) in [5, 5.41) is 11.9. The van der Waals surface area contributed by atoms with E-state index in [1.165, 1.54) is 6.07 Å². The van der Waals surface area contributed by atoms with Gasteiger partial charge >= 0.3 is 0 Å². The first-order valence-corrected chi connectivity index (χ1v) is 4.67. The number of aryl methyl sites for hydroxylation is 1. The fourth-order valence-electron chi connectivity index (χ4n) is 1.46. The van der Waals surface area contributed by atoms with Crippen LogP contribution in [0.5, 0.6) is 0 Å². The molecule has 15 heavy (non-hydrogen) atoms. The molecule has 4 nitrogen and oxygen atoms in total. The Morgan fingerprint density at radius 2 is 2.20 bits per heavy atom. The lowest BCUT2D eigenvalue weighted by Crippen LogP contribution is -1.93. The largest absolute Gasteiger partial charge is 0.295 e. The van der Waals surface area contributed by atoms with Crippen molar-refractivity contribution in [2.45, 2.75) is 6.92 Å². The second-order valence-corrected chi connectivity index (χ2v) is 3.58. The Balaban J connectivity index is 2.91. The molecule has 0 amide bonds. The number of non-ortho nitro benzene ring substituents is 1. The molecule has 0 radical (unpaired) electrons. The molecule has 0 bridgehead atoms. The number of hydrogen-bond donors (Lipinski definition) is 0. The van der Waals surface area contributed by atoms with Crippen molar-refractivity contribution < 1.29 is 4.92 Å². The van der Waals surface area contributed by atoms with E-state index in [0.717, 1.165) is 0 Å². The molecule has 0 aliphatic rings. The highest BCUT2D eigenvalue weighted by atomic mass is 35.5. The zero-order valence-electron chi connectivity index (χ0n) is 7.90. The molecular weight excluding hydrogens is 216 g/mol. The number of nitrogens with zero attached hydrogens (tertiary/aromatic N) is 2. The van der Waals surface area contributed by atoms with Crippen molar-refractivity contribution in [1.29, 1.82) is 0 Å². The quantitative estimate of drug-likeness (QED) is 0.550. The Morgan fingerprint density at radius 3 is 2.87 bits per heavy atom. The lowest BCUT2D eigenvalue weighted by molar-refractivity contribution is -0.383. The molecule has 2 rings (SSSR count). The van der Waals surface area contributed by atoms with Gasteiger partial charge in [0.05, 0.1) is 9.95 Å². The second kappa shape index (κ2) is 3.47. The van der Waals surface area contributed by atoms with Gasteiger partial charge in [-0.1, -0.05) is 23.7 Å². The molecule has 0 aliphatic carbocycles. The third-order valence-electron chi connectivity index (χ3n) is 2.09. The van der Waals surface area contributed by atoms with Gasteiger partial charge in [0.1, 0.15) is 5.52 Å². The smallest absolute Gasteiger partial charge is 0.258 e. The Bertz CT molecular complexity index is 554. The van der Waals surface area contributed by atoms with E-state index in [0.29, 0.717) is 21.6 Å². The lowest BCUT2D eigenvalue weighted by atomic mass is 10.2. The first kappa shape index (κ1) is 9.86. The monoisotopic (exact) mass is 222 g/mol. The Kier molecular flexibility index (Phi) is 2.28. The average Bonchev–Trinajstić information content (AvgIpc) is 2.16. The van der Waals surface area contributed by atoms with E-state index in [-0.39, 0.29) is 5.69 Å². The normalized spacial score (nSPS) is 10.5. The van der Waals surface area contributed by atoms with Gasteiger partial charge in [0.15, 0.2) is 0 Å². The Labute approximate surface area is 90.7 Å². The highest BCUT2D eigenvalue weighted by molar-refractivity contribution is 6.35. The molecule has 0 saturated heterocycles. The standard InChI is InChI=1S/C10H7ClN2O2/c1-6-5-8(11)7-3-2-4-9(13(14)15)10(7)12-6/h2-5H,1H3. The predicted molar refractivity (Wildman–Crippen MR) is 58.1 cm³/mol. The number of pyridine rings is 1. The summed E-state index contributed by atoms with van der Waals surface area (Å²) in [6.07, 6.45) is 0. The van der Waals surface area contributed by atoms with Crippen LogP contribution in [0, 0.1) is 17.0 Å². The molecule has 1 aromatic carbocycles. The summed E-state index contributed by atoms with van der Waals surface area (Å²) in [4.78, 5) is 14.4. The molecule has 2 aromatic rings. The number of nitro groups is 1. The minimum atomic E-state index is -0.453. The van der Waals surface area contributed by atoms with Crippen LogP contribution in [0.2, 0.25) is 5.02 Å². The van der Waals surface area contributed by atoms with Crippen molar-refractivity contribution in [2.75, 3.05) is 0 Å². The van der Waals surface area contributed by atoms with Crippen LogP contribution in [-0.2, 0) is 0 Å². The lowest BCUT2D eigenvalue weighted by Gasteiger charge is -2.02. The highest BCUT2D eigenvalue weighted by Crippen LogP contribution is 2.29. The van der Waals surface area contributed by atoms with Crippen LogP contribution in [-0.4, -0.2) is 9.91 Å². The van der Waals surface area contributed by atoms with E-state index in [2.05, 4.69) is 4.98 Å². The molecule has 0 atom stereocenters. The van der Waals surface area contributed by atoms with Crippen LogP contribution in [0.4, 0.5) is 5.69 Å². The summed E-state index contributed by atoms with van der Waals surface area (Å²) in [7, 11) is 0. The number of para-hydroxylation sites is 1. The summed E-state index contributed by atoms with van der Waals surface area (Å²) in [5.74, 6) is 0. The fraction of sp³-hybridized carbons (Fsp3) is 0.100. The van der Waals surface area contributed by atoms with Gasteiger partial charge < -0.3 is 0 Å². The number of fused-ring (bicyclic) bond motifs is 1. The Hall–Kier alpha value is -1.68. The van der Waals surface area contributed by atoms with Crippen molar-refractivity contribution in [3.05, 3.63) is 45.1 Å². The third kappa shape index (κ3) is 1.64. The molecule has 0 spiro atoms. The second-order valence-electron chi connectivity index (χ2n) is 3.18. The van der Waals surface area contributed by atoms with Crippen LogP contribution in [0.25, 0.3) is 10.9 Å². The number of benzene rings is 1. The first-order valence-electron chi connectivity index (χ1n) is 4.30. The van der Waals surface area contributed by atoms with Crippen molar-refractivity contribution in [1.82, 2.24) is 4.98 Å². The van der Waals surface area contributed by atoms with E-state index in [4.69, 9.17) is 11.6 Å². The maximum absolute atomic E-state index is 10.8. The van der Waals surface area contributed by atoms with Crippen LogP contribution < -0.4 is 0 Å². The van der Waals surface area contributed by atoms with Crippen molar-refractivity contribution in [3.63, 3.8) is 0 Å². The van der Waals surface area contributed by atoms with Gasteiger partial charge in [-0.25, -0.2) is 4.98 Å². The summed E-state index contributed by atoms with van der Waals surface area (Å²) in [6, 6.07) is 6.43.